The molecule has 3 fully saturated rings. The third-order valence-corrected chi connectivity index (χ3v) is 12.8. The Balaban J connectivity index is 1.11. The van der Waals surface area contributed by atoms with E-state index in [1.54, 1.807) is 0 Å². The van der Waals surface area contributed by atoms with Gasteiger partial charge in [-0.25, -0.2) is 4.98 Å². The van der Waals surface area contributed by atoms with Crippen LogP contribution in [0.5, 0.6) is 0 Å². The van der Waals surface area contributed by atoms with Crippen LogP contribution in [-0.2, 0) is 19.4 Å². The molecule has 4 aromatic rings. The summed E-state index contributed by atoms with van der Waals surface area (Å²) < 4.78 is 13.4. The molecule has 1 amide bonds. The van der Waals surface area contributed by atoms with Crippen molar-refractivity contribution in [3.63, 3.8) is 0 Å². The summed E-state index contributed by atoms with van der Waals surface area (Å²) in [6.45, 7) is 13.6. The third-order valence-electron chi connectivity index (χ3n) is 10.3. The fourth-order valence-corrected chi connectivity index (χ4v) is 9.52. The van der Waals surface area contributed by atoms with E-state index in [4.69, 9.17) is 31.5 Å². The topological polar surface area (TPSA) is 80.9 Å². The summed E-state index contributed by atoms with van der Waals surface area (Å²) in [5, 5.41) is 5.30. The lowest BCUT2D eigenvalue weighted by Crippen LogP contribution is -2.63. The predicted octanol–water partition coefficient (Wildman–Crippen LogP) is 4.88. The van der Waals surface area contributed by atoms with E-state index in [1.165, 1.54) is 15.9 Å². The van der Waals surface area contributed by atoms with Gasteiger partial charge in [0.2, 0.25) is 5.91 Å². The van der Waals surface area contributed by atoms with Crippen LogP contribution in [0.4, 0.5) is 5.82 Å². The van der Waals surface area contributed by atoms with Crippen LogP contribution in [0.2, 0.25) is 5.02 Å². The van der Waals surface area contributed by atoms with E-state index in [9.17, 15) is 4.79 Å². The molecule has 7 rings (SSSR count). The fourth-order valence-electron chi connectivity index (χ4n) is 7.18. The van der Waals surface area contributed by atoms with E-state index in [0.717, 1.165) is 54.9 Å². The second-order valence-electron chi connectivity index (χ2n) is 14.6. The fraction of sp³-hybridized carbons (Fsp3) is 0.421. The van der Waals surface area contributed by atoms with Crippen molar-refractivity contribution in [3.05, 3.63) is 95.1 Å². The Bertz CT molecular complexity index is 1760. The van der Waals surface area contributed by atoms with E-state index < -0.39 is 9.04 Å². The molecule has 3 aliphatic rings. The Kier molecular flexibility index (Phi) is 8.68. The molecule has 2 aliphatic heterocycles. The number of primary amides is 1. The van der Waals surface area contributed by atoms with Crippen LogP contribution in [0.1, 0.15) is 51.3 Å². The molecular formula is C38H44ClN4O3Si. The minimum absolute atomic E-state index is 0.0628. The van der Waals surface area contributed by atoms with Crippen LogP contribution in [0.25, 0.3) is 10.8 Å². The normalized spacial score (nSPS) is 25.1. The molecule has 2 N–H and O–H groups in total. The molecule has 1 saturated carbocycles. The zero-order valence-corrected chi connectivity index (χ0v) is 29.5. The summed E-state index contributed by atoms with van der Waals surface area (Å²) in [6.07, 6.45) is 0.703. The van der Waals surface area contributed by atoms with E-state index in [0.29, 0.717) is 18.2 Å². The van der Waals surface area contributed by atoms with Crippen LogP contribution in [0.3, 0.4) is 0 Å². The number of benzene rings is 3. The number of carbonyl (C=O) groups excluding carboxylic acids is 1. The van der Waals surface area contributed by atoms with Crippen molar-refractivity contribution in [2.24, 2.45) is 11.7 Å². The van der Waals surface area contributed by atoms with Crippen LogP contribution in [0.15, 0.2) is 78.9 Å². The molecule has 47 heavy (non-hydrogen) atoms. The van der Waals surface area contributed by atoms with Gasteiger partial charge in [-0.3, -0.25) is 9.69 Å². The number of aromatic nitrogens is 1. The smallest absolute Gasteiger partial charge is 0.283 e. The van der Waals surface area contributed by atoms with Crippen molar-refractivity contribution in [2.75, 3.05) is 44.3 Å². The zero-order valence-electron chi connectivity index (χ0n) is 27.7. The first-order chi connectivity index (χ1) is 22.5. The Hall–Kier alpha value is -3.27. The molecule has 245 valence electrons. The molecule has 1 aliphatic carbocycles. The maximum atomic E-state index is 11.9. The molecule has 2 saturated heterocycles. The standard InChI is InChI=1S/C38H44ClN4O3Si/c1-37(2,3)26-11-14-29(15-12-26)47(28-8-6-5-7-9-28)46-34-23-45-24-38(34,4)43-18-16-42(17-19-43)36-30-21-27(39)13-10-25(30)20-33(41-36)31-22-32(31)35(40)44/h5-15,20-21,31-32,34H,16-19,22-24H2,1-4H3,(H2,40,44). The number of pyridine rings is 1. The number of rotatable bonds is 8. The SMILES string of the molecule is CC(C)(C)c1ccc([Si](OC2COCC2(C)N2CCN(c3nc(C4CC4C(N)=O)cc4ccc(Cl)cc34)CC2)c2ccccc2)cc1. The Labute approximate surface area is 284 Å². The van der Waals surface area contributed by atoms with Crippen LogP contribution < -0.4 is 21.0 Å². The van der Waals surface area contributed by atoms with Crippen molar-refractivity contribution in [1.82, 2.24) is 9.88 Å². The first-order valence-corrected chi connectivity index (χ1v) is 18.5. The highest BCUT2D eigenvalue weighted by molar-refractivity contribution is 6.80. The van der Waals surface area contributed by atoms with Crippen molar-refractivity contribution in [2.45, 2.75) is 57.1 Å². The number of fused-ring (bicyclic) bond motifs is 1. The van der Waals surface area contributed by atoms with Gasteiger partial charge in [-0.05, 0) is 58.3 Å². The number of amides is 1. The number of anilines is 1. The van der Waals surface area contributed by atoms with E-state index in [2.05, 4.69) is 98.2 Å². The number of nitrogens with two attached hydrogens (primary N) is 1. The van der Waals surface area contributed by atoms with E-state index in [-0.39, 0.29) is 34.8 Å². The number of ether oxygens (including phenoxy) is 1. The van der Waals surface area contributed by atoms with Gasteiger partial charge in [-0.2, -0.15) is 0 Å². The van der Waals surface area contributed by atoms with Gasteiger partial charge in [-0.1, -0.05) is 93.0 Å². The minimum Gasteiger partial charge on any atom is -0.400 e. The van der Waals surface area contributed by atoms with Gasteiger partial charge in [-0.15, -0.1) is 0 Å². The number of piperazine rings is 1. The Morgan fingerprint density at radius 1 is 1.00 bits per heavy atom. The minimum atomic E-state index is -1.52. The predicted molar refractivity (Wildman–Crippen MR) is 191 cm³/mol. The van der Waals surface area contributed by atoms with E-state index in [1.807, 2.05) is 18.2 Å². The summed E-state index contributed by atoms with van der Waals surface area (Å²) in [4.78, 5) is 21.9. The lowest BCUT2D eigenvalue weighted by molar-refractivity contribution is -0.119. The van der Waals surface area contributed by atoms with Gasteiger partial charge in [0, 0.05) is 54.1 Å². The molecule has 3 aromatic carbocycles. The Morgan fingerprint density at radius 2 is 1.70 bits per heavy atom. The van der Waals surface area contributed by atoms with Crippen LogP contribution in [-0.4, -0.2) is 75.9 Å². The van der Waals surface area contributed by atoms with Crippen molar-refractivity contribution in [1.29, 1.82) is 0 Å². The maximum absolute atomic E-state index is 11.9. The van der Waals surface area contributed by atoms with Gasteiger partial charge in [0.05, 0.1) is 24.9 Å². The molecule has 4 atom stereocenters. The van der Waals surface area contributed by atoms with Crippen LogP contribution >= 0.6 is 11.6 Å². The number of halogens is 1. The van der Waals surface area contributed by atoms with Gasteiger partial charge in [0.25, 0.3) is 9.04 Å². The average molecular weight is 668 g/mol. The second kappa shape index (κ2) is 12.6. The van der Waals surface area contributed by atoms with Gasteiger partial charge >= 0.3 is 0 Å². The highest BCUT2D eigenvalue weighted by Crippen LogP contribution is 2.48. The lowest BCUT2D eigenvalue weighted by Gasteiger charge is -2.46. The number of carbonyl (C=O) groups is 1. The average Bonchev–Trinajstić information content (AvgIpc) is 3.79. The summed E-state index contributed by atoms with van der Waals surface area (Å²) in [5.74, 6) is 0.648. The van der Waals surface area contributed by atoms with Gasteiger partial charge in [0.1, 0.15) is 5.82 Å². The lowest BCUT2D eigenvalue weighted by atomic mass is 9.87. The summed E-state index contributed by atoms with van der Waals surface area (Å²) in [7, 11) is -1.52. The zero-order chi connectivity index (χ0) is 32.9. The van der Waals surface area contributed by atoms with Crippen molar-refractivity contribution in [3.8, 4) is 0 Å². The molecular weight excluding hydrogens is 624 g/mol. The number of hydrogen-bond acceptors (Lipinski definition) is 6. The monoisotopic (exact) mass is 667 g/mol. The molecule has 1 radical (unpaired) electrons. The Morgan fingerprint density at radius 3 is 2.36 bits per heavy atom. The molecule has 3 heterocycles. The van der Waals surface area contributed by atoms with Gasteiger partial charge in [0.15, 0.2) is 0 Å². The third kappa shape index (κ3) is 6.46. The van der Waals surface area contributed by atoms with Crippen molar-refractivity contribution >= 4 is 53.5 Å². The maximum Gasteiger partial charge on any atom is 0.283 e. The molecule has 0 bridgehead atoms. The number of hydrogen-bond donors (Lipinski definition) is 1. The molecule has 0 spiro atoms. The quantitative estimate of drug-likeness (QED) is 0.270. The summed E-state index contributed by atoms with van der Waals surface area (Å²) in [5.41, 5.74) is 7.74. The highest BCUT2D eigenvalue weighted by atomic mass is 35.5. The molecule has 1 aromatic heterocycles. The molecule has 7 nitrogen and oxygen atoms in total. The van der Waals surface area contributed by atoms with Crippen LogP contribution in [0, 0.1) is 5.92 Å². The summed E-state index contributed by atoms with van der Waals surface area (Å²) in [6, 6.07) is 27.8. The first-order valence-electron chi connectivity index (χ1n) is 16.7. The first kappa shape index (κ1) is 32.3. The second-order valence-corrected chi connectivity index (χ2v) is 17.0. The largest absolute Gasteiger partial charge is 0.400 e. The van der Waals surface area contributed by atoms with Gasteiger partial charge < -0.3 is 19.8 Å². The van der Waals surface area contributed by atoms with Crippen molar-refractivity contribution < 1.29 is 14.0 Å². The highest BCUT2D eigenvalue weighted by Gasteiger charge is 2.48. The number of nitrogens with zero attached hydrogens (tertiary/aromatic N) is 3. The molecule has 9 heteroatoms. The van der Waals surface area contributed by atoms with E-state index >= 15 is 0 Å². The molecule has 4 unspecified atom stereocenters. The summed E-state index contributed by atoms with van der Waals surface area (Å²) >= 11 is 6.47.